The molecule has 5 heteroatoms. The number of rotatable bonds is 3. The monoisotopic (exact) mass is 260 g/mol. The Kier molecular flexibility index (Phi) is 3.66. The van der Waals surface area contributed by atoms with Crippen LogP contribution >= 0.6 is 0 Å². The lowest BCUT2D eigenvalue weighted by atomic mass is 10.0. The summed E-state index contributed by atoms with van der Waals surface area (Å²) in [6, 6.07) is 8.80. The third-order valence-electron chi connectivity index (χ3n) is 2.57. The summed E-state index contributed by atoms with van der Waals surface area (Å²) in [5.74, 6) is -0.900. The summed E-state index contributed by atoms with van der Waals surface area (Å²) in [6.45, 7) is 0. The second-order valence-electron chi connectivity index (χ2n) is 3.70. The maximum absolute atomic E-state index is 11.9. The van der Waals surface area contributed by atoms with Crippen LogP contribution in [0.3, 0.4) is 0 Å². The van der Waals surface area contributed by atoms with Crippen molar-refractivity contribution in [2.75, 3.05) is 14.2 Å². The van der Waals surface area contributed by atoms with Crippen molar-refractivity contribution in [2.45, 2.75) is 0 Å². The zero-order valence-electron chi connectivity index (χ0n) is 10.5. The molecule has 1 aromatic rings. The Labute approximate surface area is 110 Å². The third-order valence-corrected chi connectivity index (χ3v) is 2.57. The highest BCUT2D eigenvalue weighted by Crippen LogP contribution is 2.30. The first kappa shape index (κ1) is 12.9. The Morgan fingerprint density at radius 3 is 2.42 bits per heavy atom. The van der Waals surface area contributed by atoms with Crippen LogP contribution in [0, 0.1) is 0 Å². The van der Waals surface area contributed by atoms with E-state index in [0.717, 1.165) is 0 Å². The molecule has 0 spiro atoms. The minimum atomic E-state index is -0.598. The van der Waals surface area contributed by atoms with Crippen LogP contribution in [-0.2, 0) is 23.8 Å². The van der Waals surface area contributed by atoms with Crippen LogP contribution in [0.2, 0.25) is 0 Å². The van der Waals surface area contributed by atoms with Crippen molar-refractivity contribution in [3.05, 3.63) is 53.5 Å². The van der Waals surface area contributed by atoms with Gasteiger partial charge in [-0.1, -0.05) is 30.3 Å². The molecular formula is C14H12O5. The molecule has 0 aromatic heterocycles. The summed E-state index contributed by atoms with van der Waals surface area (Å²) >= 11 is 0. The molecule has 19 heavy (non-hydrogen) atoms. The maximum atomic E-state index is 11.9. The van der Waals surface area contributed by atoms with Crippen molar-refractivity contribution in [3.63, 3.8) is 0 Å². The van der Waals surface area contributed by atoms with Crippen LogP contribution in [0.5, 0.6) is 0 Å². The molecule has 2 rings (SSSR count). The molecule has 1 aliphatic rings. The zero-order valence-corrected chi connectivity index (χ0v) is 10.5. The van der Waals surface area contributed by atoms with Crippen molar-refractivity contribution in [2.24, 2.45) is 0 Å². The lowest BCUT2D eigenvalue weighted by Crippen LogP contribution is -2.09. The van der Waals surface area contributed by atoms with Gasteiger partial charge in [0.1, 0.15) is 5.57 Å². The molecule has 0 aliphatic carbocycles. The summed E-state index contributed by atoms with van der Waals surface area (Å²) in [4.78, 5) is 23.2. The van der Waals surface area contributed by atoms with Crippen molar-refractivity contribution in [1.82, 2.24) is 0 Å². The first-order valence-electron chi connectivity index (χ1n) is 5.53. The predicted octanol–water partition coefficient (Wildman–Crippen LogP) is 1.66. The van der Waals surface area contributed by atoms with Gasteiger partial charge in [0.2, 0.25) is 0 Å². The SMILES string of the molecule is COC(=O)/C(=C1/OC(=O)C=C1OC)c1ccccc1. The van der Waals surface area contributed by atoms with Gasteiger partial charge in [0.15, 0.2) is 11.5 Å². The lowest BCUT2D eigenvalue weighted by molar-refractivity contribution is -0.134. The summed E-state index contributed by atoms with van der Waals surface area (Å²) < 4.78 is 14.8. The molecule has 0 bridgehead atoms. The molecular weight excluding hydrogens is 248 g/mol. The topological polar surface area (TPSA) is 61.8 Å². The van der Waals surface area contributed by atoms with Gasteiger partial charge in [0, 0.05) is 0 Å². The normalized spacial score (nSPS) is 16.5. The average molecular weight is 260 g/mol. The Balaban J connectivity index is 2.59. The van der Waals surface area contributed by atoms with Gasteiger partial charge in [0.05, 0.1) is 20.3 Å². The van der Waals surface area contributed by atoms with Gasteiger partial charge >= 0.3 is 11.9 Å². The summed E-state index contributed by atoms with van der Waals surface area (Å²) in [5, 5.41) is 0. The minimum absolute atomic E-state index is 0.0746. The molecule has 0 atom stereocenters. The lowest BCUT2D eigenvalue weighted by Gasteiger charge is -2.10. The van der Waals surface area contributed by atoms with Gasteiger partial charge in [-0.15, -0.1) is 0 Å². The second-order valence-corrected chi connectivity index (χ2v) is 3.70. The quantitative estimate of drug-likeness (QED) is 0.611. The van der Waals surface area contributed by atoms with E-state index < -0.39 is 11.9 Å². The predicted molar refractivity (Wildman–Crippen MR) is 66.6 cm³/mol. The number of carbonyl (C=O) groups is 2. The molecule has 1 aromatic carbocycles. The van der Waals surface area contributed by atoms with Crippen LogP contribution in [0.15, 0.2) is 47.9 Å². The van der Waals surface area contributed by atoms with Crippen LogP contribution in [0.4, 0.5) is 0 Å². The van der Waals surface area contributed by atoms with Crippen molar-refractivity contribution >= 4 is 17.5 Å². The van der Waals surface area contributed by atoms with E-state index in [1.165, 1.54) is 20.3 Å². The fourth-order valence-electron chi connectivity index (χ4n) is 1.73. The Morgan fingerprint density at radius 2 is 1.84 bits per heavy atom. The minimum Gasteiger partial charge on any atom is -0.493 e. The molecule has 1 heterocycles. The average Bonchev–Trinajstić information content (AvgIpc) is 2.81. The molecule has 0 N–H and O–H groups in total. The standard InChI is InChI=1S/C14H12O5/c1-17-10-8-11(15)19-13(10)12(14(16)18-2)9-6-4-3-5-7-9/h3-8H,1-2H3/b13-12+. The van der Waals surface area contributed by atoms with E-state index in [-0.39, 0.29) is 17.1 Å². The Hall–Kier alpha value is -2.56. The van der Waals surface area contributed by atoms with Gasteiger partial charge in [-0.25, -0.2) is 9.59 Å². The molecule has 0 saturated carbocycles. The van der Waals surface area contributed by atoms with E-state index in [9.17, 15) is 9.59 Å². The summed E-state index contributed by atoms with van der Waals surface area (Å²) in [7, 11) is 2.66. The molecule has 1 aliphatic heterocycles. The van der Waals surface area contributed by atoms with Gasteiger partial charge in [-0.3, -0.25) is 0 Å². The maximum Gasteiger partial charge on any atom is 0.342 e. The number of esters is 2. The number of ether oxygens (including phenoxy) is 3. The highest BCUT2D eigenvalue weighted by molar-refractivity contribution is 6.18. The fourth-order valence-corrected chi connectivity index (χ4v) is 1.73. The number of cyclic esters (lactones) is 1. The van der Waals surface area contributed by atoms with E-state index in [0.29, 0.717) is 5.56 Å². The van der Waals surface area contributed by atoms with E-state index in [4.69, 9.17) is 14.2 Å². The van der Waals surface area contributed by atoms with Crippen LogP contribution in [0.25, 0.3) is 5.57 Å². The fraction of sp³-hybridized carbons (Fsp3) is 0.143. The molecule has 0 fully saturated rings. The highest BCUT2D eigenvalue weighted by atomic mass is 16.6. The van der Waals surface area contributed by atoms with E-state index in [1.807, 2.05) is 6.07 Å². The van der Waals surface area contributed by atoms with Crippen molar-refractivity contribution in [1.29, 1.82) is 0 Å². The van der Waals surface area contributed by atoms with Crippen LogP contribution in [-0.4, -0.2) is 26.2 Å². The number of benzene rings is 1. The van der Waals surface area contributed by atoms with Crippen LogP contribution < -0.4 is 0 Å². The smallest absolute Gasteiger partial charge is 0.342 e. The molecule has 0 unspecified atom stereocenters. The number of hydrogen-bond donors (Lipinski definition) is 0. The van der Waals surface area contributed by atoms with E-state index >= 15 is 0 Å². The first-order valence-corrected chi connectivity index (χ1v) is 5.53. The highest BCUT2D eigenvalue weighted by Gasteiger charge is 2.29. The number of hydrogen-bond acceptors (Lipinski definition) is 5. The Morgan fingerprint density at radius 1 is 1.16 bits per heavy atom. The molecule has 5 nitrogen and oxygen atoms in total. The van der Waals surface area contributed by atoms with Crippen molar-refractivity contribution in [3.8, 4) is 0 Å². The Bertz CT molecular complexity index is 569. The first-order chi connectivity index (χ1) is 9.17. The van der Waals surface area contributed by atoms with Gasteiger partial charge < -0.3 is 14.2 Å². The summed E-state index contributed by atoms with van der Waals surface area (Å²) in [5.41, 5.74) is 0.740. The molecule has 98 valence electrons. The van der Waals surface area contributed by atoms with E-state index in [1.54, 1.807) is 24.3 Å². The molecule has 0 amide bonds. The largest absolute Gasteiger partial charge is 0.493 e. The van der Waals surface area contributed by atoms with Crippen LogP contribution in [0.1, 0.15) is 5.56 Å². The molecule has 0 radical (unpaired) electrons. The van der Waals surface area contributed by atoms with E-state index in [2.05, 4.69) is 0 Å². The third kappa shape index (κ3) is 2.49. The van der Waals surface area contributed by atoms with Gasteiger partial charge in [0.25, 0.3) is 0 Å². The van der Waals surface area contributed by atoms with Gasteiger partial charge in [-0.2, -0.15) is 0 Å². The summed E-state index contributed by atoms with van der Waals surface area (Å²) in [6.07, 6.45) is 1.18. The number of carbonyl (C=O) groups excluding carboxylic acids is 2. The van der Waals surface area contributed by atoms with Gasteiger partial charge in [-0.05, 0) is 5.56 Å². The number of methoxy groups -OCH3 is 2. The second kappa shape index (κ2) is 5.39. The van der Waals surface area contributed by atoms with Crippen molar-refractivity contribution < 1.29 is 23.8 Å². The zero-order chi connectivity index (χ0) is 13.8. The molecule has 0 saturated heterocycles.